The zero-order valence-corrected chi connectivity index (χ0v) is 15.5. The van der Waals surface area contributed by atoms with Crippen LogP contribution in [0.25, 0.3) is 0 Å². The van der Waals surface area contributed by atoms with Crippen LogP contribution in [0.4, 0.5) is 0 Å². The minimum atomic E-state index is -0.171. The highest BCUT2D eigenvalue weighted by atomic mass is 16.5. The number of amides is 1. The number of methoxy groups -OCH3 is 3. The second-order valence-corrected chi connectivity index (χ2v) is 6.64. The zero-order valence-electron chi connectivity index (χ0n) is 15.5. The van der Waals surface area contributed by atoms with Crippen molar-refractivity contribution in [3.05, 3.63) is 16.7 Å². The maximum atomic E-state index is 12.7. The molecular formula is C18H26N2O4. The molecule has 0 unspecified atom stereocenters. The van der Waals surface area contributed by atoms with E-state index in [2.05, 4.69) is 11.8 Å². The molecular weight excluding hydrogens is 308 g/mol. The molecule has 3 rings (SSSR count). The summed E-state index contributed by atoms with van der Waals surface area (Å²) in [6.45, 7) is 4.04. The summed E-state index contributed by atoms with van der Waals surface area (Å²) < 4.78 is 17.1. The molecule has 6 nitrogen and oxygen atoms in total. The Hall–Kier alpha value is -1.95. The number of carbonyl (C=O) groups excluding carboxylic acids is 1. The summed E-state index contributed by atoms with van der Waals surface area (Å²) in [6.07, 6.45) is 0.614. The fourth-order valence-corrected chi connectivity index (χ4v) is 4.35. The maximum Gasteiger partial charge on any atom is 0.240 e. The van der Waals surface area contributed by atoms with E-state index < -0.39 is 0 Å². The van der Waals surface area contributed by atoms with Crippen molar-refractivity contribution in [3.63, 3.8) is 0 Å². The minimum Gasteiger partial charge on any atom is -0.496 e. The molecule has 24 heavy (non-hydrogen) atoms. The van der Waals surface area contributed by atoms with Crippen LogP contribution < -0.4 is 14.2 Å². The number of piperazine rings is 1. The molecule has 2 heterocycles. The smallest absolute Gasteiger partial charge is 0.240 e. The molecule has 1 aromatic carbocycles. The molecule has 1 saturated heterocycles. The van der Waals surface area contributed by atoms with Crippen molar-refractivity contribution in [1.29, 1.82) is 0 Å². The second kappa shape index (κ2) is 5.84. The fourth-order valence-electron chi connectivity index (χ4n) is 4.35. The molecule has 0 spiro atoms. The molecule has 2 bridgehead atoms. The first-order valence-electron chi connectivity index (χ1n) is 8.18. The SMILES string of the molecule is COc1c(C)c(OC)c(OC)c2c1C[C@H]1C(=O)N(C)[C@H](C)[C@@H]2N1C. The third kappa shape index (κ3) is 2.02. The maximum absolute atomic E-state index is 12.7. The van der Waals surface area contributed by atoms with Crippen LogP contribution in [0.1, 0.15) is 29.7 Å². The van der Waals surface area contributed by atoms with Crippen LogP contribution >= 0.6 is 0 Å². The van der Waals surface area contributed by atoms with Crippen molar-refractivity contribution < 1.29 is 19.0 Å². The van der Waals surface area contributed by atoms with Crippen LogP contribution in [0.3, 0.4) is 0 Å². The number of ether oxygens (including phenoxy) is 3. The monoisotopic (exact) mass is 334 g/mol. The Balaban J connectivity index is 2.34. The molecule has 0 saturated carbocycles. The number of benzene rings is 1. The summed E-state index contributed by atoms with van der Waals surface area (Å²) in [5.41, 5.74) is 3.04. The lowest BCUT2D eigenvalue weighted by atomic mass is 9.79. The van der Waals surface area contributed by atoms with Crippen molar-refractivity contribution >= 4 is 5.91 Å². The van der Waals surface area contributed by atoms with Gasteiger partial charge in [0.1, 0.15) is 5.75 Å². The van der Waals surface area contributed by atoms with Crippen LogP contribution in [0.15, 0.2) is 0 Å². The highest BCUT2D eigenvalue weighted by Gasteiger charge is 2.49. The molecule has 2 aliphatic heterocycles. The molecule has 2 aliphatic rings. The van der Waals surface area contributed by atoms with Gasteiger partial charge in [-0.25, -0.2) is 0 Å². The van der Waals surface area contributed by atoms with E-state index in [9.17, 15) is 4.79 Å². The standard InChI is InChI=1S/C18H26N2O4/c1-9-15(22-5)11-8-12-18(21)19(3)10(2)14(20(12)4)13(11)17(24-7)16(9)23-6/h10,12,14H,8H2,1-7H3/t10-,12+,14+/m1/s1. The van der Waals surface area contributed by atoms with E-state index in [-0.39, 0.29) is 24.0 Å². The molecule has 0 aliphatic carbocycles. The van der Waals surface area contributed by atoms with Crippen molar-refractivity contribution in [2.45, 2.75) is 38.4 Å². The van der Waals surface area contributed by atoms with Crippen LogP contribution in [-0.4, -0.2) is 63.2 Å². The van der Waals surface area contributed by atoms with E-state index in [1.807, 2.05) is 25.9 Å². The number of hydrogen-bond acceptors (Lipinski definition) is 5. The third-order valence-electron chi connectivity index (χ3n) is 5.67. The second-order valence-electron chi connectivity index (χ2n) is 6.64. The van der Waals surface area contributed by atoms with Gasteiger partial charge in [-0.05, 0) is 20.9 Å². The summed E-state index contributed by atoms with van der Waals surface area (Å²) in [5, 5.41) is 0. The van der Waals surface area contributed by atoms with Crippen molar-refractivity contribution in [2.75, 3.05) is 35.4 Å². The summed E-state index contributed by atoms with van der Waals surface area (Å²) in [5.74, 6) is 2.40. The van der Waals surface area contributed by atoms with E-state index >= 15 is 0 Å². The molecule has 132 valence electrons. The lowest BCUT2D eigenvalue weighted by molar-refractivity contribution is -0.147. The lowest BCUT2D eigenvalue weighted by Crippen LogP contribution is -2.62. The first-order valence-corrected chi connectivity index (χ1v) is 8.18. The molecule has 6 heteroatoms. The Morgan fingerprint density at radius 2 is 1.58 bits per heavy atom. The van der Waals surface area contributed by atoms with Crippen molar-refractivity contribution in [3.8, 4) is 17.2 Å². The van der Waals surface area contributed by atoms with Gasteiger partial charge in [-0.1, -0.05) is 0 Å². The Kier molecular flexibility index (Phi) is 4.11. The highest BCUT2D eigenvalue weighted by Crippen LogP contribution is 2.52. The van der Waals surface area contributed by atoms with Gasteiger partial charge in [-0.2, -0.15) is 0 Å². The number of rotatable bonds is 3. The third-order valence-corrected chi connectivity index (χ3v) is 5.67. The van der Waals surface area contributed by atoms with Crippen LogP contribution in [0.2, 0.25) is 0 Å². The minimum absolute atomic E-state index is 0.0313. The largest absolute Gasteiger partial charge is 0.496 e. The van der Waals surface area contributed by atoms with E-state index in [1.165, 1.54) is 0 Å². The normalized spacial score (nSPS) is 26.2. The van der Waals surface area contributed by atoms with Crippen LogP contribution in [0, 0.1) is 6.92 Å². The van der Waals surface area contributed by atoms with Gasteiger partial charge in [0, 0.05) is 36.2 Å². The summed E-state index contributed by atoms with van der Waals surface area (Å²) in [6, 6.07) is -0.0984. The number of hydrogen-bond donors (Lipinski definition) is 0. The molecule has 0 aromatic heterocycles. The summed E-state index contributed by atoms with van der Waals surface area (Å²) in [4.78, 5) is 16.7. The van der Waals surface area contributed by atoms with E-state index in [0.29, 0.717) is 12.2 Å². The highest BCUT2D eigenvalue weighted by molar-refractivity contribution is 5.85. The molecule has 1 fully saturated rings. The number of likely N-dealkylation sites (N-methyl/N-ethyl adjacent to an activating group) is 2. The molecule has 1 aromatic rings. The molecule has 0 N–H and O–H groups in total. The van der Waals surface area contributed by atoms with Gasteiger partial charge < -0.3 is 19.1 Å². The van der Waals surface area contributed by atoms with Gasteiger partial charge in [-0.15, -0.1) is 0 Å². The van der Waals surface area contributed by atoms with Gasteiger partial charge in [0.05, 0.1) is 33.4 Å². The quantitative estimate of drug-likeness (QED) is 0.843. The average Bonchev–Trinajstić information content (AvgIpc) is 2.57. The van der Waals surface area contributed by atoms with E-state index in [4.69, 9.17) is 14.2 Å². The Bertz CT molecular complexity index is 688. The summed E-state index contributed by atoms with van der Waals surface area (Å²) >= 11 is 0. The van der Waals surface area contributed by atoms with Gasteiger partial charge in [0.25, 0.3) is 0 Å². The first-order chi connectivity index (χ1) is 11.4. The number of fused-ring (bicyclic) bond motifs is 4. The first kappa shape index (κ1) is 16.9. The van der Waals surface area contributed by atoms with Gasteiger partial charge in [-0.3, -0.25) is 9.69 Å². The lowest BCUT2D eigenvalue weighted by Gasteiger charge is -2.51. The van der Waals surface area contributed by atoms with Gasteiger partial charge in [0.2, 0.25) is 5.91 Å². The average molecular weight is 334 g/mol. The Morgan fingerprint density at radius 1 is 1.00 bits per heavy atom. The zero-order chi connectivity index (χ0) is 17.8. The topological polar surface area (TPSA) is 51.2 Å². The van der Waals surface area contributed by atoms with Crippen LogP contribution in [-0.2, 0) is 11.2 Å². The Labute approximate surface area is 143 Å². The van der Waals surface area contributed by atoms with Crippen LogP contribution in [0.5, 0.6) is 17.2 Å². The fraction of sp³-hybridized carbons (Fsp3) is 0.611. The molecule has 1 amide bonds. The Morgan fingerprint density at radius 3 is 2.12 bits per heavy atom. The van der Waals surface area contributed by atoms with Gasteiger partial charge in [0.15, 0.2) is 11.5 Å². The van der Waals surface area contributed by atoms with E-state index in [1.54, 1.807) is 21.3 Å². The predicted molar refractivity (Wildman–Crippen MR) is 91.1 cm³/mol. The van der Waals surface area contributed by atoms with Crippen molar-refractivity contribution in [2.24, 2.45) is 0 Å². The number of carbonyl (C=O) groups is 1. The predicted octanol–water partition coefficient (Wildman–Crippen LogP) is 1.78. The van der Waals surface area contributed by atoms with Crippen molar-refractivity contribution in [1.82, 2.24) is 9.80 Å². The van der Waals surface area contributed by atoms with Gasteiger partial charge >= 0.3 is 0 Å². The molecule has 3 atom stereocenters. The van der Waals surface area contributed by atoms with E-state index in [0.717, 1.165) is 28.2 Å². The molecule has 0 radical (unpaired) electrons. The number of nitrogens with zero attached hydrogens (tertiary/aromatic N) is 2. The summed E-state index contributed by atoms with van der Waals surface area (Å²) in [7, 11) is 8.86.